The van der Waals surface area contributed by atoms with Gasteiger partial charge in [-0.2, -0.15) is 0 Å². The summed E-state index contributed by atoms with van der Waals surface area (Å²) in [6.45, 7) is 0.0853. The number of carbonyl (C=O) groups excluding carboxylic acids is 1. The van der Waals surface area contributed by atoms with Gasteiger partial charge in [0.15, 0.2) is 17.7 Å². The van der Waals surface area contributed by atoms with E-state index in [0.29, 0.717) is 17.6 Å². The molecule has 0 saturated carbocycles. The molecule has 1 fully saturated rings. The van der Waals surface area contributed by atoms with Crippen LogP contribution in [0.1, 0.15) is 6.23 Å². The summed E-state index contributed by atoms with van der Waals surface area (Å²) < 4.78 is 7.06. The molecule has 5 N–H and O–H groups in total. The Bertz CT molecular complexity index is 661. The molecule has 2 aromatic heterocycles. The van der Waals surface area contributed by atoms with Gasteiger partial charge in [-0.05, 0) is 0 Å². The summed E-state index contributed by atoms with van der Waals surface area (Å²) in [7, 11) is 0. The van der Waals surface area contributed by atoms with Gasteiger partial charge >= 0.3 is 0 Å². The number of aliphatic hydroxyl groups is 2. The summed E-state index contributed by atoms with van der Waals surface area (Å²) in [5, 5.41) is 22.5. The third-order valence-electron chi connectivity index (χ3n) is 3.40. The Balaban J connectivity index is 1.92. The summed E-state index contributed by atoms with van der Waals surface area (Å²) in [5.74, 6) is 0.214. The molecule has 2 aromatic rings. The molecule has 10 heteroatoms. The number of ether oxygens (including phenoxy) is 1. The third-order valence-corrected chi connectivity index (χ3v) is 3.40. The number of anilines is 1. The minimum absolute atomic E-state index is 0.0853. The van der Waals surface area contributed by atoms with E-state index in [-0.39, 0.29) is 12.4 Å². The van der Waals surface area contributed by atoms with Gasteiger partial charge in [-0.25, -0.2) is 15.0 Å². The number of hydrogen-bond acceptors (Lipinski definition) is 8. The number of imidazole rings is 1. The van der Waals surface area contributed by atoms with Gasteiger partial charge in [0.1, 0.15) is 30.2 Å². The SMILES string of the molecule is Nc1ncnc2c1ncn2[C@@H]1O[C@H](CNC=O)C(O)C1O. The summed E-state index contributed by atoms with van der Waals surface area (Å²) >= 11 is 0. The lowest BCUT2D eigenvalue weighted by Gasteiger charge is -2.16. The van der Waals surface area contributed by atoms with Crippen LogP contribution in [-0.2, 0) is 9.53 Å². The molecule has 4 atom stereocenters. The highest BCUT2D eigenvalue weighted by Crippen LogP contribution is 2.31. The van der Waals surface area contributed by atoms with Crippen molar-refractivity contribution in [1.82, 2.24) is 24.8 Å². The Kier molecular flexibility index (Phi) is 3.41. The van der Waals surface area contributed by atoms with E-state index in [9.17, 15) is 15.0 Å². The molecule has 0 bridgehead atoms. The fraction of sp³-hybridized carbons (Fsp3) is 0.455. The maximum Gasteiger partial charge on any atom is 0.207 e. The molecule has 0 aromatic carbocycles. The lowest BCUT2D eigenvalue weighted by Crippen LogP contribution is -2.37. The second-order valence-electron chi connectivity index (χ2n) is 4.66. The highest BCUT2D eigenvalue weighted by Gasteiger charge is 2.44. The van der Waals surface area contributed by atoms with Crippen molar-refractivity contribution in [2.75, 3.05) is 12.3 Å². The van der Waals surface area contributed by atoms with Gasteiger partial charge in [0.25, 0.3) is 0 Å². The van der Waals surface area contributed by atoms with Crippen LogP contribution < -0.4 is 11.1 Å². The van der Waals surface area contributed by atoms with Crippen LogP contribution in [0.15, 0.2) is 12.7 Å². The lowest BCUT2D eigenvalue weighted by atomic mass is 10.1. The zero-order chi connectivity index (χ0) is 15.0. The number of hydrogen-bond donors (Lipinski definition) is 4. The van der Waals surface area contributed by atoms with E-state index in [1.54, 1.807) is 0 Å². The number of rotatable bonds is 4. The Hall–Kier alpha value is -2.30. The van der Waals surface area contributed by atoms with Gasteiger partial charge in [-0.1, -0.05) is 0 Å². The van der Waals surface area contributed by atoms with Crippen LogP contribution in [0, 0.1) is 0 Å². The standard InChI is InChI=1S/C11H14N6O4/c12-9-6-10(15-2-14-9)17(3-16-6)11-8(20)7(19)5(21-11)1-13-4-18/h2-5,7-8,11,19-20H,1H2,(H,13,18)(H2,12,14,15)/t5-,7?,8?,11-/m1/s1. The number of carbonyl (C=O) groups is 1. The normalized spacial score (nSPS) is 28.9. The predicted molar refractivity (Wildman–Crippen MR) is 69.7 cm³/mol. The molecular weight excluding hydrogens is 280 g/mol. The van der Waals surface area contributed by atoms with E-state index < -0.39 is 24.5 Å². The van der Waals surface area contributed by atoms with E-state index in [2.05, 4.69) is 20.3 Å². The van der Waals surface area contributed by atoms with Crippen LogP contribution in [0.25, 0.3) is 11.2 Å². The number of nitrogen functional groups attached to an aromatic ring is 1. The molecule has 1 aliphatic heterocycles. The van der Waals surface area contributed by atoms with Crippen LogP contribution in [0.4, 0.5) is 5.82 Å². The number of amides is 1. The maximum absolute atomic E-state index is 10.3. The first-order valence-electron chi connectivity index (χ1n) is 6.25. The maximum atomic E-state index is 10.3. The van der Waals surface area contributed by atoms with E-state index in [1.165, 1.54) is 17.2 Å². The van der Waals surface area contributed by atoms with Crippen molar-refractivity contribution >= 4 is 23.4 Å². The molecule has 2 unspecified atom stereocenters. The lowest BCUT2D eigenvalue weighted by molar-refractivity contribution is -0.110. The molecule has 3 heterocycles. The van der Waals surface area contributed by atoms with Crippen LogP contribution in [-0.4, -0.2) is 61.0 Å². The molecule has 1 aliphatic rings. The molecular formula is C11H14N6O4. The van der Waals surface area contributed by atoms with Crippen LogP contribution in [0.5, 0.6) is 0 Å². The fourth-order valence-electron chi connectivity index (χ4n) is 2.35. The van der Waals surface area contributed by atoms with Gasteiger partial charge in [0.05, 0.1) is 6.33 Å². The zero-order valence-electron chi connectivity index (χ0n) is 10.8. The topological polar surface area (TPSA) is 148 Å². The van der Waals surface area contributed by atoms with Gasteiger partial charge < -0.3 is 26.0 Å². The molecule has 1 saturated heterocycles. The van der Waals surface area contributed by atoms with Gasteiger partial charge in [-0.15, -0.1) is 0 Å². The Labute approximate surface area is 118 Å². The first-order chi connectivity index (χ1) is 10.1. The predicted octanol–water partition coefficient (Wildman–Crippen LogP) is -2.23. The molecule has 21 heavy (non-hydrogen) atoms. The van der Waals surface area contributed by atoms with Crippen LogP contribution >= 0.6 is 0 Å². The molecule has 112 valence electrons. The minimum atomic E-state index is -1.18. The number of nitrogens with zero attached hydrogens (tertiary/aromatic N) is 4. The summed E-state index contributed by atoms with van der Waals surface area (Å²) in [6, 6.07) is 0. The van der Waals surface area contributed by atoms with E-state index in [1.807, 2.05) is 0 Å². The first-order valence-corrected chi connectivity index (χ1v) is 6.25. The molecule has 0 radical (unpaired) electrons. The second kappa shape index (κ2) is 5.24. The Morgan fingerprint density at radius 3 is 2.95 bits per heavy atom. The highest BCUT2D eigenvalue weighted by atomic mass is 16.6. The van der Waals surface area contributed by atoms with Crippen LogP contribution in [0.2, 0.25) is 0 Å². The van der Waals surface area contributed by atoms with Crippen molar-refractivity contribution in [2.45, 2.75) is 24.5 Å². The molecule has 0 spiro atoms. The van der Waals surface area contributed by atoms with Crippen molar-refractivity contribution in [3.63, 3.8) is 0 Å². The smallest absolute Gasteiger partial charge is 0.207 e. The summed E-state index contributed by atoms with van der Waals surface area (Å²) in [6.07, 6.45) is -0.748. The quantitative estimate of drug-likeness (QED) is 0.463. The third kappa shape index (κ3) is 2.18. The highest BCUT2D eigenvalue weighted by molar-refractivity contribution is 5.81. The summed E-state index contributed by atoms with van der Waals surface area (Å²) in [5.41, 5.74) is 6.47. The number of aromatic nitrogens is 4. The largest absolute Gasteiger partial charge is 0.387 e. The zero-order valence-corrected chi connectivity index (χ0v) is 10.8. The van der Waals surface area contributed by atoms with E-state index >= 15 is 0 Å². The summed E-state index contributed by atoms with van der Waals surface area (Å²) in [4.78, 5) is 22.3. The van der Waals surface area contributed by atoms with Gasteiger partial charge in [0, 0.05) is 6.54 Å². The average Bonchev–Trinajstić information content (AvgIpc) is 3.02. The van der Waals surface area contributed by atoms with E-state index in [0.717, 1.165) is 0 Å². The number of nitrogens with two attached hydrogens (primary N) is 1. The average molecular weight is 294 g/mol. The number of fused-ring (bicyclic) bond motifs is 1. The van der Waals surface area contributed by atoms with Crippen molar-refractivity contribution in [3.8, 4) is 0 Å². The monoisotopic (exact) mass is 294 g/mol. The fourth-order valence-corrected chi connectivity index (χ4v) is 2.35. The Morgan fingerprint density at radius 1 is 1.38 bits per heavy atom. The molecule has 1 amide bonds. The molecule has 0 aliphatic carbocycles. The van der Waals surface area contributed by atoms with Crippen molar-refractivity contribution in [3.05, 3.63) is 12.7 Å². The van der Waals surface area contributed by atoms with Crippen LogP contribution in [0.3, 0.4) is 0 Å². The number of nitrogens with one attached hydrogen (secondary N) is 1. The molecule has 3 rings (SSSR count). The van der Waals surface area contributed by atoms with Crippen molar-refractivity contribution < 1.29 is 19.7 Å². The van der Waals surface area contributed by atoms with E-state index in [4.69, 9.17) is 10.5 Å². The minimum Gasteiger partial charge on any atom is -0.387 e. The number of aliphatic hydroxyl groups excluding tert-OH is 2. The van der Waals surface area contributed by atoms with Crippen molar-refractivity contribution in [1.29, 1.82) is 0 Å². The second-order valence-corrected chi connectivity index (χ2v) is 4.66. The van der Waals surface area contributed by atoms with Gasteiger partial charge in [0.2, 0.25) is 6.41 Å². The Morgan fingerprint density at radius 2 is 2.19 bits per heavy atom. The van der Waals surface area contributed by atoms with Crippen molar-refractivity contribution in [2.24, 2.45) is 0 Å². The molecule has 10 nitrogen and oxygen atoms in total. The first kappa shape index (κ1) is 13.7. The van der Waals surface area contributed by atoms with Gasteiger partial charge in [-0.3, -0.25) is 9.36 Å².